The van der Waals surface area contributed by atoms with Crippen molar-refractivity contribution in [2.45, 2.75) is 30.5 Å². The van der Waals surface area contributed by atoms with Crippen molar-refractivity contribution in [1.82, 2.24) is 15.0 Å². The van der Waals surface area contributed by atoms with E-state index in [9.17, 15) is 0 Å². The fraction of sp³-hybridized carbons (Fsp3) is 0.385. The summed E-state index contributed by atoms with van der Waals surface area (Å²) in [5.74, 6) is 0.414. The Hall–Kier alpha value is -1.00. The third-order valence-electron chi connectivity index (χ3n) is 2.75. The van der Waals surface area contributed by atoms with Crippen LogP contribution in [0.15, 0.2) is 29.2 Å². The fourth-order valence-corrected chi connectivity index (χ4v) is 2.53. The predicted octanol–water partition coefficient (Wildman–Crippen LogP) is 3.68. The van der Waals surface area contributed by atoms with Crippen LogP contribution in [0.1, 0.15) is 24.7 Å². The molecule has 1 heterocycles. The van der Waals surface area contributed by atoms with E-state index < -0.39 is 0 Å². The lowest BCUT2D eigenvalue weighted by atomic mass is 10.2. The monoisotopic (exact) mass is 281 g/mol. The van der Waals surface area contributed by atoms with Crippen molar-refractivity contribution in [3.05, 3.63) is 35.7 Å². The van der Waals surface area contributed by atoms with Gasteiger partial charge in [-0.1, -0.05) is 24.6 Å². The molecular weight excluding hydrogens is 266 g/mol. The second-order valence-electron chi connectivity index (χ2n) is 3.98. The number of thioether (sulfide) groups is 1. The minimum absolute atomic E-state index is 0.414. The van der Waals surface area contributed by atoms with Gasteiger partial charge < -0.3 is 0 Å². The third-order valence-corrected chi connectivity index (χ3v) is 3.73. The molecule has 1 aromatic carbocycles. The molecule has 0 radical (unpaired) electrons. The molecule has 0 aliphatic rings. The van der Waals surface area contributed by atoms with E-state index in [0.29, 0.717) is 5.88 Å². The van der Waals surface area contributed by atoms with E-state index in [1.165, 1.54) is 4.90 Å². The van der Waals surface area contributed by atoms with Gasteiger partial charge in [-0.05, 0) is 30.9 Å². The highest BCUT2D eigenvalue weighted by molar-refractivity contribution is 7.98. The zero-order chi connectivity index (χ0) is 13.0. The summed E-state index contributed by atoms with van der Waals surface area (Å²) < 4.78 is 1.90. The summed E-state index contributed by atoms with van der Waals surface area (Å²) in [7, 11) is 0. The molecule has 0 aliphatic heterocycles. The largest absolute Gasteiger partial charge is 0.217 e. The molecular formula is C13H16ClN3S. The molecule has 0 aliphatic carbocycles. The van der Waals surface area contributed by atoms with Gasteiger partial charge in [-0.3, -0.25) is 0 Å². The average Bonchev–Trinajstić information content (AvgIpc) is 2.82. The first-order valence-corrected chi connectivity index (χ1v) is 7.70. The number of hydrogen-bond donors (Lipinski definition) is 0. The average molecular weight is 282 g/mol. The lowest BCUT2D eigenvalue weighted by Gasteiger charge is -2.07. The summed E-state index contributed by atoms with van der Waals surface area (Å²) in [4.78, 5) is 1.22. The van der Waals surface area contributed by atoms with E-state index in [1.54, 1.807) is 11.8 Å². The standard InChI is InChI=1S/C13H16ClN3S/c1-3-5-13-12(9-14)15-16-17(13)10-6-4-7-11(8-10)18-2/h4,6-8H,3,5,9H2,1-2H3. The van der Waals surface area contributed by atoms with Gasteiger partial charge in [0.05, 0.1) is 17.3 Å². The molecule has 0 spiro atoms. The molecule has 3 nitrogen and oxygen atoms in total. The summed E-state index contributed by atoms with van der Waals surface area (Å²) in [6.45, 7) is 2.15. The topological polar surface area (TPSA) is 30.7 Å². The highest BCUT2D eigenvalue weighted by Crippen LogP contribution is 2.21. The van der Waals surface area contributed by atoms with Crippen LogP contribution in [0.5, 0.6) is 0 Å². The molecule has 96 valence electrons. The first-order chi connectivity index (χ1) is 8.80. The van der Waals surface area contributed by atoms with Crippen molar-refractivity contribution in [3.8, 4) is 5.69 Å². The summed E-state index contributed by atoms with van der Waals surface area (Å²) >= 11 is 7.63. The number of hydrogen-bond acceptors (Lipinski definition) is 3. The van der Waals surface area contributed by atoms with Crippen molar-refractivity contribution < 1.29 is 0 Å². The van der Waals surface area contributed by atoms with E-state index in [0.717, 1.165) is 29.9 Å². The normalized spacial score (nSPS) is 10.8. The van der Waals surface area contributed by atoms with Crippen LogP contribution in [0.25, 0.3) is 5.69 Å². The Bertz CT molecular complexity index is 525. The zero-order valence-electron chi connectivity index (χ0n) is 10.6. The van der Waals surface area contributed by atoms with Crippen LogP contribution < -0.4 is 0 Å². The van der Waals surface area contributed by atoms with Crippen LogP contribution in [0.3, 0.4) is 0 Å². The number of aromatic nitrogens is 3. The minimum atomic E-state index is 0.414. The van der Waals surface area contributed by atoms with E-state index in [1.807, 2.05) is 16.8 Å². The lowest BCUT2D eigenvalue weighted by Crippen LogP contribution is -2.03. The van der Waals surface area contributed by atoms with Crippen LogP contribution in [-0.2, 0) is 12.3 Å². The van der Waals surface area contributed by atoms with Crippen LogP contribution in [-0.4, -0.2) is 21.2 Å². The van der Waals surface area contributed by atoms with E-state index in [4.69, 9.17) is 11.6 Å². The van der Waals surface area contributed by atoms with E-state index in [2.05, 4.69) is 35.6 Å². The molecule has 0 saturated heterocycles. The maximum absolute atomic E-state index is 5.91. The SMILES string of the molecule is CCCc1c(CCl)nnn1-c1cccc(SC)c1. The first kappa shape index (κ1) is 13.4. The molecule has 0 atom stereocenters. The van der Waals surface area contributed by atoms with Crippen LogP contribution >= 0.6 is 23.4 Å². The fourth-order valence-electron chi connectivity index (χ4n) is 1.87. The van der Waals surface area contributed by atoms with Crippen molar-refractivity contribution >= 4 is 23.4 Å². The molecule has 1 aromatic heterocycles. The molecule has 0 saturated carbocycles. The minimum Gasteiger partial charge on any atom is -0.217 e. The Labute approximate surface area is 117 Å². The summed E-state index contributed by atoms with van der Waals surface area (Å²) in [5.41, 5.74) is 3.05. The predicted molar refractivity (Wildman–Crippen MR) is 76.7 cm³/mol. The molecule has 5 heteroatoms. The number of benzene rings is 1. The molecule has 2 aromatic rings. The maximum atomic E-state index is 5.91. The number of rotatable bonds is 5. The van der Waals surface area contributed by atoms with Crippen molar-refractivity contribution in [1.29, 1.82) is 0 Å². The quantitative estimate of drug-likeness (QED) is 0.619. The van der Waals surface area contributed by atoms with Gasteiger partial charge in [0.25, 0.3) is 0 Å². The molecule has 0 bridgehead atoms. The van der Waals surface area contributed by atoms with Gasteiger partial charge in [-0.15, -0.1) is 28.5 Å². The van der Waals surface area contributed by atoms with Gasteiger partial charge in [0, 0.05) is 4.90 Å². The second kappa shape index (κ2) is 6.25. The Balaban J connectivity index is 2.45. The van der Waals surface area contributed by atoms with E-state index >= 15 is 0 Å². The number of halogens is 1. The van der Waals surface area contributed by atoms with Crippen molar-refractivity contribution in [3.63, 3.8) is 0 Å². The van der Waals surface area contributed by atoms with Crippen LogP contribution in [0.4, 0.5) is 0 Å². The van der Waals surface area contributed by atoms with Crippen molar-refractivity contribution in [2.75, 3.05) is 6.26 Å². The Morgan fingerprint density at radius 3 is 2.89 bits per heavy atom. The highest BCUT2D eigenvalue weighted by atomic mass is 35.5. The summed E-state index contributed by atoms with van der Waals surface area (Å²) in [6, 6.07) is 8.30. The van der Waals surface area contributed by atoms with Crippen LogP contribution in [0, 0.1) is 0 Å². The highest BCUT2D eigenvalue weighted by Gasteiger charge is 2.12. The van der Waals surface area contributed by atoms with Gasteiger partial charge >= 0.3 is 0 Å². The number of nitrogens with zero attached hydrogens (tertiary/aromatic N) is 3. The van der Waals surface area contributed by atoms with Gasteiger partial charge in [0.1, 0.15) is 5.69 Å². The first-order valence-electron chi connectivity index (χ1n) is 5.94. The second-order valence-corrected chi connectivity index (χ2v) is 5.13. The van der Waals surface area contributed by atoms with Gasteiger partial charge in [0.15, 0.2) is 0 Å². The zero-order valence-corrected chi connectivity index (χ0v) is 12.1. The van der Waals surface area contributed by atoms with E-state index in [-0.39, 0.29) is 0 Å². The molecule has 0 fully saturated rings. The van der Waals surface area contributed by atoms with Crippen LogP contribution in [0.2, 0.25) is 0 Å². The third kappa shape index (κ3) is 2.70. The number of alkyl halides is 1. The Morgan fingerprint density at radius 2 is 2.22 bits per heavy atom. The molecule has 0 N–H and O–H groups in total. The maximum Gasteiger partial charge on any atom is 0.101 e. The van der Waals surface area contributed by atoms with Gasteiger partial charge in [-0.25, -0.2) is 4.68 Å². The van der Waals surface area contributed by atoms with Gasteiger partial charge in [0.2, 0.25) is 0 Å². The van der Waals surface area contributed by atoms with Crippen molar-refractivity contribution in [2.24, 2.45) is 0 Å². The lowest BCUT2D eigenvalue weighted by molar-refractivity contribution is 0.744. The smallest absolute Gasteiger partial charge is 0.101 e. The Kier molecular flexibility index (Phi) is 4.66. The summed E-state index contributed by atoms with van der Waals surface area (Å²) in [5, 5.41) is 8.38. The molecule has 2 rings (SSSR count). The van der Waals surface area contributed by atoms with Gasteiger partial charge in [-0.2, -0.15) is 0 Å². The molecule has 18 heavy (non-hydrogen) atoms. The molecule has 0 amide bonds. The Morgan fingerprint density at radius 1 is 1.39 bits per heavy atom. The molecule has 0 unspecified atom stereocenters. The summed E-state index contributed by atoms with van der Waals surface area (Å²) in [6.07, 6.45) is 4.07.